The molecule has 0 aromatic heterocycles. The number of hydrogen-bond donors (Lipinski definition) is 0. The van der Waals surface area contributed by atoms with E-state index in [-0.39, 0.29) is 0 Å². The molecule has 0 saturated heterocycles. The molecule has 18 heavy (non-hydrogen) atoms. The van der Waals surface area contributed by atoms with E-state index in [0.717, 1.165) is 0 Å². The van der Waals surface area contributed by atoms with Crippen LogP contribution in [0.5, 0.6) is 0 Å². The zero-order valence-electron chi connectivity index (χ0n) is 14.8. The van der Waals surface area contributed by atoms with Crippen LogP contribution in [0.4, 0.5) is 0 Å². The minimum atomic E-state index is -3.19. The van der Waals surface area contributed by atoms with Gasteiger partial charge in [-0.15, -0.1) is 0 Å². The summed E-state index contributed by atoms with van der Waals surface area (Å²) in [5.41, 5.74) is 0. The minimum absolute atomic E-state index is 1.31. The van der Waals surface area contributed by atoms with Gasteiger partial charge in [0.25, 0.3) is 0 Å². The molecule has 0 atom stereocenters. The zero-order valence-corrected chi connectivity index (χ0v) is 22.5. The van der Waals surface area contributed by atoms with Crippen molar-refractivity contribution in [3.63, 3.8) is 0 Å². The van der Waals surface area contributed by atoms with Crippen LogP contribution in [0.1, 0.15) is 0 Å². The summed E-state index contributed by atoms with van der Waals surface area (Å²) >= 11 is -3.19. The Morgan fingerprint density at radius 2 is 0.556 bits per heavy atom. The van der Waals surface area contributed by atoms with E-state index >= 15 is 0 Å². The zero-order chi connectivity index (χ0) is 15.4. The summed E-state index contributed by atoms with van der Waals surface area (Å²) in [5, 5.41) is -5.23. The van der Waals surface area contributed by atoms with E-state index < -0.39 is 33.2 Å². The molecule has 0 aliphatic heterocycles. The van der Waals surface area contributed by atoms with Crippen molar-refractivity contribution < 1.29 is 11.7 Å². The Balaban J connectivity index is 6.90. The summed E-state index contributed by atoms with van der Waals surface area (Å²) in [7, 11) is 8.16. The van der Waals surface area contributed by atoms with Gasteiger partial charge in [-0.05, 0) is 0 Å². The van der Waals surface area contributed by atoms with Crippen molar-refractivity contribution in [2.45, 2.75) is 0 Å². The molecule has 0 rings (SSSR count). The predicted molar refractivity (Wildman–Crippen MR) is 110 cm³/mol. The van der Waals surface area contributed by atoms with Gasteiger partial charge in [-0.1, -0.05) is 0 Å². The summed E-state index contributed by atoms with van der Waals surface area (Å²) in [6.45, 7) is 31.5. The van der Waals surface area contributed by atoms with Crippen LogP contribution in [0.3, 0.4) is 0 Å². The van der Waals surface area contributed by atoms with Crippen LogP contribution in [-0.4, -0.2) is 80.0 Å². The van der Waals surface area contributed by atoms with E-state index in [2.05, 4.69) is 80.0 Å². The van der Waals surface area contributed by atoms with E-state index in [1.165, 1.54) is 0 Å². The van der Waals surface area contributed by atoms with Crippen LogP contribution < -0.4 is 0 Å². The third-order valence-electron chi connectivity index (χ3n) is 4.60. The van der Waals surface area contributed by atoms with Crippen molar-refractivity contribution in [3.05, 3.63) is 0 Å². The average Bonchev–Trinajstić information content (AvgIpc) is 1.92. The monoisotopic (exact) mass is 527 g/mol. The standard InChI is InChI=1S/4C3H9P.ClH.W/c4*1-4(2)3;;/h4*1-3H3;1H;/q;;;;;-3/p+3. The third-order valence-corrected chi connectivity index (χ3v) is 339. The first-order chi connectivity index (χ1) is 7.34. The summed E-state index contributed by atoms with van der Waals surface area (Å²) in [6.07, 6.45) is 0. The summed E-state index contributed by atoms with van der Waals surface area (Å²) in [4.78, 5) is 0. The molecule has 0 nitrogen and oxygen atoms in total. The number of hydrogen-bond acceptors (Lipinski definition) is 0. The Morgan fingerprint density at radius 3 is 0.556 bits per heavy atom. The Kier molecular flexibility index (Phi) is 5.88. The van der Waals surface area contributed by atoms with Gasteiger partial charge in [0.05, 0.1) is 0 Å². The fraction of sp³-hybridized carbons (Fsp3) is 1.00. The third kappa shape index (κ3) is 2.28. The van der Waals surface area contributed by atoms with E-state index in [4.69, 9.17) is 9.42 Å². The topological polar surface area (TPSA) is 0 Å². The summed E-state index contributed by atoms with van der Waals surface area (Å²) in [6, 6.07) is 0. The fourth-order valence-electron chi connectivity index (χ4n) is 5.51. The second-order valence-electron chi connectivity index (χ2n) is 9.37. The van der Waals surface area contributed by atoms with Crippen LogP contribution >= 0.6 is 30.8 Å². The molecule has 0 aromatic carbocycles. The summed E-state index contributed by atoms with van der Waals surface area (Å²) in [5.74, 6) is 0. The first-order valence-corrected chi connectivity index (χ1v) is 41.8. The van der Waals surface area contributed by atoms with Crippen LogP contribution in [-0.2, 0) is 11.7 Å². The maximum atomic E-state index is 8.16. The van der Waals surface area contributed by atoms with E-state index in [1.807, 2.05) is 0 Å². The van der Waals surface area contributed by atoms with Gasteiger partial charge < -0.3 is 0 Å². The van der Waals surface area contributed by atoms with Gasteiger partial charge in [0.2, 0.25) is 0 Å². The quantitative estimate of drug-likeness (QED) is 0.449. The van der Waals surface area contributed by atoms with Gasteiger partial charge in [0.1, 0.15) is 0 Å². The molecule has 0 unspecified atom stereocenters. The molecule has 0 bridgehead atoms. The molecule has 0 amide bonds. The van der Waals surface area contributed by atoms with Crippen LogP contribution in [0, 0.1) is 0 Å². The van der Waals surface area contributed by atoms with Gasteiger partial charge in [0.15, 0.2) is 0 Å². The Labute approximate surface area is 122 Å². The molecular formula is C12H40ClP4W. The second-order valence-corrected chi connectivity index (χ2v) is 146. The van der Waals surface area contributed by atoms with Crippen LogP contribution in [0.2, 0.25) is 0 Å². The van der Waals surface area contributed by atoms with Gasteiger partial charge >= 0.3 is 123 Å². The molecular weight excluding hydrogens is 487 g/mol. The molecule has 121 valence electrons. The van der Waals surface area contributed by atoms with Gasteiger partial charge in [-0.25, -0.2) is 0 Å². The molecule has 0 saturated carbocycles. The molecule has 6 heteroatoms. The van der Waals surface area contributed by atoms with Crippen molar-refractivity contribution in [1.29, 1.82) is 0 Å². The second kappa shape index (κ2) is 5.11. The molecule has 0 aromatic rings. The van der Waals surface area contributed by atoms with E-state index in [1.54, 1.807) is 0 Å². The molecule has 0 N–H and O–H groups in total. The first kappa shape index (κ1) is 20.7. The number of halogens is 1. The molecule has 0 aliphatic carbocycles. The van der Waals surface area contributed by atoms with Crippen molar-refractivity contribution in [2.75, 3.05) is 80.0 Å². The van der Waals surface area contributed by atoms with Crippen molar-refractivity contribution in [1.82, 2.24) is 0 Å². The maximum absolute atomic E-state index is 8.16. The fourth-order valence-corrected chi connectivity index (χ4v) is 406. The van der Waals surface area contributed by atoms with Crippen molar-refractivity contribution >= 4 is 30.8 Å². The molecule has 0 aliphatic rings. The van der Waals surface area contributed by atoms with E-state index in [9.17, 15) is 0 Å². The van der Waals surface area contributed by atoms with Crippen molar-refractivity contribution in [3.8, 4) is 0 Å². The molecule has 0 radical (unpaired) electrons. The van der Waals surface area contributed by atoms with Gasteiger partial charge in [0, 0.05) is 0 Å². The average molecular weight is 528 g/mol. The molecule has 0 fully saturated rings. The Morgan fingerprint density at radius 1 is 0.444 bits per heavy atom. The Hall–Kier alpha value is 2.70. The van der Waals surface area contributed by atoms with E-state index in [0.29, 0.717) is 0 Å². The van der Waals surface area contributed by atoms with Crippen LogP contribution in [0.15, 0.2) is 0 Å². The van der Waals surface area contributed by atoms with Gasteiger partial charge in [-0.2, -0.15) is 0 Å². The normalized spacial score (nSPS) is 21.9. The van der Waals surface area contributed by atoms with Crippen LogP contribution in [0.25, 0.3) is 0 Å². The first-order valence-electron chi connectivity index (χ1n) is 6.97. The molecule has 0 spiro atoms. The SMILES string of the molecule is C[PH](C)(C)[W]([Cl])([PH](C)(C)C)([PH](C)(C)C)[PH](C)(C)C. The summed E-state index contributed by atoms with van der Waals surface area (Å²) < 4.78 is 0. The number of rotatable bonds is 4. The Bertz CT molecular complexity index is 260. The van der Waals surface area contributed by atoms with Gasteiger partial charge in [-0.3, -0.25) is 0 Å². The predicted octanol–water partition coefficient (Wildman–Crippen LogP) is 5.05. The molecule has 0 heterocycles. The van der Waals surface area contributed by atoms with Crippen molar-refractivity contribution in [2.24, 2.45) is 0 Å².